The van der Waals surface area contributed by atoms with E-state index in [1.807, 2.05) is 36.4 Å². The van der Waals surface area contributed by atoms with Gasteiger partial charge in [-0.15, -0.1) is 0 Å². The summed E-state index contributed by atoms with van der Waals surface area (Å²) in [6, 6.07) is 23.5. The number of benzene rings is 3. The minimum Gasteiger partial charge on any atom is -0.341 e. The lowest BCUT2D eigenvalue weighted by atomic mass is 9.89. The second kappa shape index (κ2) is 10.1. The molecule has 0 saturated heterocycles. The van der Waals surface area contributed by atoms with Crippen molar-refractivity contribution in [2.75, 3.05) is 0 Å². The molecule has 1 unspecified atom stereocenters. The molecule has 5 aromatic rings. The number of rotatable bonds is 6. The molecule has 1 atom stereocenters. The summed E-state index contributed by atoms with van der Waals surface area (Å²) in [6.45, 7) is 0. The van der Waals surface area contributed by atoms with Gasteiger partial charge < -0.3 is 4.98 Å². The minimum atomic E-state index is -0.416. The van der Waals surface area contributed by atoms with E-state index in [-0.39, 0.29) is 11.6 Å². The average Bonchev–Trinajstić information content (AvgIpc) is 3.34. The monoisotopic (exact) mass is 534 g/mol. The van der Waals surface area contributed by atoms with Gasteiger partial charge in [-0.1, -0.05) is 71.2 Å². The van der Waals surface area contributed by atoms with Gasteiger partial charge in [0.15, 0.2) is 0 Å². The number of imidazole rings is 1. The average molecular weight is 536 g/mol. The number of halogens is 3. The third-order valence-corrected chi connectivity index (χ3v) is 6.59. The van der Waals surface area contributed by atoms with Gasteiger partial charge in [0, 0.05) is 28.9 Å². The molecule has 1 N–H and O–H groups in total. The number of non-ortho nitro benzene ring substituents is 1. The maximum absolute atomic E-state index is 11.2. The minimum absolute atomic E-state index is 0.0236. The normalized spacial score (nSPS) is 11.9. The zero-order valence-corrected chi connectivity index (χ0v) is 20.8. The van der Waals surface area contributed by atoms with Gasteiger partial charge in [-0.3, -0.25) is 10.1 Å². The molecule has 0 amide bonds. The predicted molar refractivity (Wildman–Crippen MR) is 143 cm³/mol. The summed E-state index contributed by atoms with van der Waals surface area (Å²) >= 11 is 18.5. The van der Waals surface area contributed by atoms with E-state index in [9.17, 15) is 10.1 Å². The molecular weight excluding hydrogens is 519 g/mol. The van der Waals surface area contributed by atoms with Crippen molar-refractivity contribution in [3.8, 4) is 22.4 Å². The second-order valence-corrected chi connectivity index (χ2v) is 9.31. The topological polar surface area (TPSA) is 84.7 Å². The van der Waals surface area contributed by atoms with Crippen LogP contribution in [0, 0.1) is 10.1 Å². The van der Waals surface area contributed by atoms with Crippen LogP contribution in [-0.2, 0) is 0 Å². The van der Waals surface area contributed by atoms with Crippen molar-refractivity contribution >= 4 is 40.5 Å². The Bertz CT molecular complexity index is 1550. The number of nitro benzene ring substituents is 1. The van der Waals surface area contributed by atoms with Crippen molar-refractivity contribution in [2.24, 2.45) is 0 Å². The predicted octanol–water partition coefficient (Wildman–Crippen LogP) is 8.19. The Morgan fingerprint density at radius 3 is 2.14 bits per heavy atom. The third kappa shape index (κ3) is 4.97. The van der Waals surface area contributed by atoms with E-state index in [2.05, 4.69) is 15.0 Å². The first-order chi connectivity index (χ1) is 17.4. The molecule has 3 aromatic carbocycles. The van der Waals surface area contributed by atoms with Crippen LogP contribution in [0.25, 0.3) is 22.4 Å². The fraction of sp³-hybridized carbons (Fsp3) is 0.0370. The number of nitrogens with one attached hydrogen (secondary N) is 1. The van der Waals surface area contributed by atoms with Crippen LogP contribution < -0.4 is 0 Å². The molecule has 9 heteroatoms. The summed E-state index contributed by atoms with van der Waals surface area (Å²) in [6.07, 6.45) is 3.38. The van der Waals surface area contributed by atoms with E-state index in [4.69, 9.17) is 34.8 Å². The van der Waals surface area contributed by atoms with Crippen molar-refractivity contribution in [2.45, 2.75) is 5.92 Å². The first-order valence-corrected chi connectivity index (χ1v) is 12.0. The number of hydrogen-bond acceptors (Lipinski definition) is 4. The van der Waals surface area contributed by atoms with Gasteiger partial charge in [0.05, 0.1) is 27.8 Å². The number of hydrogen-bond donors (Lipinski definition) is 1. The smallest absolute Gasteiger partial charge is 0.269 e. The zero-order valence-electron chi connectivity index (χ0n) is 18.5. The molecule has 0 saturated carbocycles. The SMILES string of the molecule is O=[N+]([O-])c1ccc(C(c2ccc(-c3ccnc(Cl)c3)cc2)c2ncc(-c3ccc(Cl)cc3Cl)[nH]2)cc1. The van der Waals surface area contributed by atoms with Gasteiger partial charge in [-0.2, -0.15) is 0 Å². The molecule has 2 aromatic heterocycles. The Hall–Kier alpha value is -3.71. The molecule has 0 spiro atoms. The lowest BCUT2D eigenvalue weighted by Crippen LogP contribution is -2.06. The quantitative estimate of drug-likeness (QED) is 0.135. The molecule has 2 heterocycles. The van der Waals surface area contributed by atoms with E-state index >= 15 is 0 Å². The molecule has 6 nitrogen and oxygen atoms in total. The van der Waals surface area contributed by atoms with E-state index in [1.165, 1.54) is 12.1 Å². The van der Waals surface area contributed by atoms with Gasteiger partial charge in [0.1, 0.15) is 11.0 Å². The molecule has 0 fully saturated rings. The van der Waals surface area contributed by atoms with Crippen LogP contribution in [0.2, 0.25) is 15.2 Å². The Morgan fingerprint density at radius 1 is 0.806 bits per heavy atom. The second-order valence-electron chi connectivity index (χ2n) is 8.08. The van der Waals surface area contributed by atoms with Crippen LogP contribution in [0.4, 0.5) is 5.69 Å². The Kier molecular flexibility index (Phi) is 6.74. The first kappa shape index (κ1) is 24.0. The molecule has 178 valence electrons. The number of H-pyrrole nitrogens is 1. The maximum Gasteiger partial charge on any atom is 0.269 e. The lowest BCUT2D eigenvalue weighted by molar-refractivity contribution is -0.384. The van der Waals surface area contributed by atoms with E-state index in [0.29, 0.717) is 21.0 Å². The molecule has 5 rings (SSSR count). The lowest BCUT2D eigenvalue weighted by Gasteiger charge is -2.17. The first-order valence-electron chi connectivity index (χ1n) is 10.9. The Balaban J connectivity index is 1.57. The van der Waals surface area contributed by atoms with Gasteiger partial charge in [0.2, 0.25) is 0 Å². The number of aromatic nitrogens is 3. The third-order valence-electron chi connectivity index (χ3n) is 5.83. The molecule has 0 bridgehead atoms. The van der Waals surface area contributed by atoms with Crippen molar-refractivity contribution in [1.29, 1.82) is 0 Å². The Morgan fingerprint density at radius 2 is 1.50 bits per heavy atom. The van der Waals surface area contributed by atoms with Crippen LogP contribution in [-0.4, -0.2) is 19.9 Å². The van der Waals surface area contributed by atoms with Crippen molar-refractivity contribution in [1.82, 2.24) is 15.0 Å². The Labute approximate surface area is 221 Å². The van der Waals surface area contributed by atoms with Crippen molar-refractivity contribution in [3.63, 3.8) is 0 Å². The molecule has 0 radical (unpaired) electrons. The highest BCUT2D eigenvalue weighted by Gasteiger charge is 2.22. The highest BCUT2D eigenvalue weighted by molar-refractivity contribution is 6.36. The summed E-state index contributed by atoms with van der Waals surface area (Å²) in [4.78, 5) is 22.8. The fourth-order valence-corrected chi connectivity index (χ4v) is 4.76. The molecular formula is C27H17Cl3N4O2. The van der Waals surface area contributed by atoms with Crippen molar-refractivity contribution in [3.05, 3.63) is 134 Å². The van der Waals surface area contributed by atoms with Crippen LogP contribution in [0.5, 0.6) is 0 Å². The molecule has 0 aliphatic carbocycles. The van der Waals surface area contributed by atoms with E-state index in [0.717, 1.165) is 33.5 Å². The van der Waals surface area contributed by atoms with E-state index in [1.54, 1.807) is 42.7 Å². The number of nitro groups is 1. The zero-order chi connectivity index (χ0) is 25.2. The molecule has 36 heavy (non-hydrogen) atoms. The molecule has 0 aliphatic heterocycles. The number of aromatic amines is 1. The largest absolute Gasteiger partial charge is 0.341 e. The summed E-state index contributed by atoms with van der Waals surface area (Å²) < 4.78 is 0. The number of pyridine rings is 1. The van der Waals surface area contributed by atoms with Gasteiger partial charge in [-0.05, 0) is 52.6 Å². The highest BCUT2D eigenvalue weighted by atomic mass is 35.5. The number of nitrogens with zero attached hydrogens (tertiary/aromatic N) is 3. The van der Waals surface area contributed by atoms with Gasteiger partial charge in [0.25, 0.3) is 5.69 Å². The molecule has 0 aliphatic rings. The summed E-state index contributed by atoms with van der Waals surface area (Å²) in [5.74, 6) is 0.366. The van der Waals surface area contributed by atoms with Gasteiger partial charge >= 0.3 is 0 Å². The maximum atomic E-state index is 11.2. The van der Waals surface area contributed by atoms with E-state index < -0.39 is 4.92 Å². The van der Waals surface area contributed by atoms with Gasteiger partial charge in [-0.25, -0.2) is 9.97 Å². The summed E-state index contributed by atoms with van der Waals surface area (Å²) in [5.41, 5.74) is 5.27. The standard InChI is InChI=1S/C27H17Cl3N4O2/c28-20-7-10-22(23(29)14-20)24-15-32-27(33-24)26(18-5-8-21(9-6-18)34(35)36)17-3-1-16(2-4-17)19-11-12-31-25(30)13-19/h1-15,26H,(H,32,33). The summed E-state index contributed by atoms with van der Waals surface area (Å²) in [7, 11) is 0. The van der Waals surface area contributed by atoms with Crippen LogP contribution >= 0.6 is 34.8 Å². The summed E-state index contributed by atoms with van der Waals surface area (Å²) in [5, 5.41) is 12.7. The fourth-order valence-electron chi connectivity index (χ4n) is 4.07. The van der Waals surface area contributed by atoms with Crippen LogP contribution in [0.1, 0.15) is 22.9 Å². The highest BCUT2D eigenvalue weighted by Crippen LogP contribution is 2.35. The van der Waals surface area contributed by atoms with Crippen LogP contribution in [0.15, 0.2) is 91.3 Å². The van der Waals surface area contributed by atoms with Crippen molar-refractivity contribution < 1.29 is 4.92 Å². The van der Waals surface area contributed by atoms with Crippen LogP contribution in [0.3, 0.4) is 0 Å².